The number of carbonyl (C=O) groups is 2. The second-order valence-electron chi connectivity index (χ2n) is 5.90. The lowest BCUT2D eigenvalue weighted by Crippen LogP contribution is -2.51. The summed E-state index contributed by atoms with van der Waals surface area (Å²) in [5, 5.41) is 0. The zero-order chi connectivity index (χ0) is 18.5. The van der Waals surface area contributed by atoms with E-state index in [1.165, 1.54) is 47.4 Å². The standard InChI is InChI=1S/C19H18F2N2O3/c20-14-5-7-15(8-6-14)26-13-18(24)22-9-11-23(12-10-22)19(25)16-3-1-2-4-17(16)21/h1-8H,9-13H2. The maximum absolute atomic E-state index is 13.7. The fourth-order valence-corrected chi connectivity index (χ4v) is 2.73. The Balaban J connectivity index is 1.50. The maximum atomic E-state index is 13.7. The summed E-state index contributed by atoms with van der Waals surface area (Å²) >= 11 is 0. The van der Waals surface area contributed by atoms with E-state index in [4.69, 9.17) is 4.74 Å². The van der Waals surface area contributed by atoms with E-state index in [2.05, 4.69) is 0 Å². The molecule has 26 heavy (non-hydrogen) atoms. The summed E-state index contributed by atoms with van der Waals surface area (Å²) in [4.78, 5) is 27.7. The lowest BCUT2D eigenvalue weighted by Gasteiger charge is -2.34. The van der Waals surface area contributed by atoms with Crippen LogP contribution < -0.4 is 4.74 Å². The zero-order valence-electron chi connectivity index (χ0n) is 14.0. The van der Waals surface area contributed by atoms with Crippen molar-refractivity contribution in [3.05, 3.63) is 65.7 Å². The first-order chi connectivity index (χ1) is 12.5. The van der Waals surface area contributed by atoms with Crippen molar-refractivity contribution in [1.82, 2.24) is 9.80 Å². The fourth-order valence-electron chi connectivity index (χ4n) is 2.73. The summed E-state index contributed by atoms with van der Waals surface area (Å²) < 4.78 is 31.9. The first kappa shape index (κ1) is 17.8. The lowest BCUT2D eigenvalue weighted by molar-refractivity contribution is -0.134. The normalized spacial score (nSPS) is 14.2. The third kappa shape index (κ3) is 4.17. The molecule has 3 rings (SSSR count). The minimum Gasteiger partial charge on any atom is -0.484 e. The van der Waals surface area contributed by atoms with Crippen molar-refractivity contribution in [2.45, 2.75) is 0 Å². The summed E-state index contributed by atoms with van der Waals surface area (Å²) in [7, 11) is 0. The van der Waals surface area contributed by atoms with Gasteiger partial charge in [-0.15, -0.1) is 0 Å². The van der Waals surface area contributed by atoms with Gasteiger partial charge in [0.2, 0.25) is 0 Å². The fraction of sp³-hybridized carbons (Fsp3) is 0.263. The van der Waals surface area contributed by atoms with Crippen LogP contribution in [0, 0.1) is 11.6 Å². The molecule has 2 aromatic carbocycles. The molecule has 0 aromatic heterocycles. The smallest absolute Gasteiger partial charge is 0.260 e. The van der Waals surface area contributed by atoms with Gasteiger partial charge in [0.25, 0.3) is 11.8 Å². The van der Waals surface area contributed by atoms with Crippen LogP contribution in [0.25, 0.3) is 0 Å². The molecule has 1 aliphatic heterocycles. The van der Waals surface area contributed by atoms with Crippen LogP contribution in [0.5, 0.6) is 5.75 Å². The number of benzene rings is 2. The van der Waals surface area contributed by atoms with E-state index in [-0.39, 0.29) is 29.8 Å². The summed E-state index contributed by atoms with van der Waals surface area (Å²) in [6.45, 7) is 1.20. The molecule has 0 N–H and O–H groups in total. The lowest BCUT2D eigenvalue weighted by atomic mass is 10.1. The van der Waals surface area contributed by atoms with Gasteiger partial charge in [0.15, 0.2) is 6.61 Å². The molecule has 0 atom stereocenters. The van der Waals surface area contributed by atoms with Gasteiger partial charge in [-0.25, -0.2) is 8.78 Å². The highest BCUT2D eigenvalue weighted by molar-refractivity contribution is 5.94. The average Bonchev–Trinajstić information content (AvgIpc) is 2.67. The minimum absolute atomic E-state index is 0.0342. The molecule has 0 saturated carbocycles. The molecule has 136 valence electrons. The molecule has 0 unspecified atom stereocenters. The van der Waals surface area contributed by atoms with E-state index in [0.717, 1.165) is 0 Å². The van der Waals surface area contributed by atoms with Crippen molar-refractivity contribution >= 4 is 11.8 Å². The third-order valence-electron chi connectivity index (χ3n) is 4.20. The van der Waals surface area contributed by atoms with Crippen LogP contribution in [0.3, 0.4) is 0 Å². The molecule has 0 aliphatic carbocycles. The summed E-state index contributed by atoms with van der Waals surface area (Å²) in [5.41, 5.74) is 0.0342. The predicted molar refractivity (Wildman–Crippen MR) is 90.8 cm³/mol. The van der Waals surface area contributed by atoms with E-state index >= 15 is 0 Å². The molecule has 0 spiro atoms. The Hall–Kier alpha value is -2.96. The zero-order valence-corrected chi connectivity index (χ0v) is 14.0. The maximum Gasteiger partial charge on any atom is 0.260 e. The SMILES string of the molecule is O=C(COc1ccc(F)cc1)N1CCN(C(=O)c2ccccc2F)CC1. The van der Waals surface area contributed by atoms with Crippen LogP contribution in [0.2, 0.25) is 0 Å². The molecule has 5 nitrogen and oxygen atoms in total. The summed E-state index contributed by atoms with van der Waals surface area (Å²) in [6, 6.07) is 11.3. The first-order valence-electron chi connectivity index (χ1n) is 8.24. The molecule has 2 aromatic rings. The molecule has 1 fully saturated rings. The van der Waals surface area contributed by atoms with E-state index < -0.39 is 5.82 Å². The van der Waals surface area contributed by atoms with Gasteiger partial charge in [-0.2, -0.15) is 0 Å². The number of piperazine rings is 1. The molecule has 0 radical (unpaired) electrons. The van der Waals surface area contributed by atoms with Gasteiger partial charge in [-0.1, -0.05) is 12.1 Å². The Morgan fingerprint density at radius 3 is 2.15 bits per heavy atom. The Labute approximate surface area is 149 Å². The molecular weight excluding hydrogens is 342 g/mol. The summed E-state index contributed by atoms with van der Waals surface area (Å²) in [6.07, 6.45) is 0. The Morgan fingerprint density at radius 1 is 0.885 bits per heavy atom. The second-order valence-corrected chi connectivity index (χ2v) is 5.90. The Morgan fingerprint density at radius 2 is 1.50 bits per heavy atom. The highest BCUT2D eigenvalue weighted by Gasteiger charge is 2.26. The number of rotatable bonds is 4. The van der Waals surface area contributed by atoms with Crippen molar-refractivity contribution in [2.75, 3.05) is 32.8 Å². The summed E-state index contributed by atoms with van der Waals surface area (Å²) in [5.74, 6) is -1.11. The topological polar surface area (TPSA) is 49.9 Å². The van der Waals surface area contributed by atoms with Crippen LogP contribution in [0.1, 0.15) is 10.4 Å². The van der Waals surface area contributed by atoms with Gasteiger partial charge in [0, 0.05) is 26.2 Å². The highest BCUT2D eigenvalue weighted by Crippen LogP contribution is 2.14. The van der Waals surface area contributed by atoms with Crippen molar-refractivity contribution in [1.29, 1.82) is 0 Å². The van der Waals surface area contributed by atoms with Gasteiger partial charge < -0.3 is 14.5 Å². The van der Waals surface area contributed by atoms with Gasteiger partial charge in [-0.3, -0.25) is 9.59 Å². The van der Waals surface area contributed by atoms with E-state index in [0.29, 0.717) is 31.9 Å². The predicted octanol–water partition coefficient (Wildman–Crippen LogP) is 2.33. The number of carbonyl (C=O) groups excluding carboxylic acids is 2. The Kier molecular flexibility index (Phi) is 5.46. The molecule has 2 amide bonds. The molecule has 0 bridgehead atoms. The van der Waals surface area contributed by atoms with Gasteiger partial charge in [0.1, 0.15) is 17.4 Å². The van der Waals surface area contributed by atoms with Crippen molar-refractivity contribution in [2.24, 2.45) is 0 Å². The molecule has 7 heteroatoms. The number of amides is 2. The number of hydrogen-bond acceptors (Lipinski definition) is 3. The largest absolute Gasteiger partial charge is 0.484 e. The molecule has 1 saturated heterocycles. The number of halogens is 2. The number of ether oxygens (including phenoxy) is 1. The third-order valence-corrected chi connectivity index (χ3v) is 4.20. The quantitative estimate of drug-likeness (QED) is 0.841. The number of nitrogens with zero attached hydrogens (tertiary/aromatic N) is 2. The van der Waals surface area contributed by atoms with Gasteiger partial charge >= 0.3 is 0 Å². The van der Waals surface area contributed by atoms with Crippen LogP contribution in [-0.4, -0.2) is 54.4 Å². The molecule has 1 aliphatic rings. The van der Waals surface area contributed by atoms with Crippen LogP contribution >= 0.6 is 0 Å². The van der Waals surface area contributed by atoms with Crippen molar-refractivity contribution in [3.63, 3.8) is 0 Å². The second kappa shape index (κ2) is 7.95. The van der Waals surface area contributed by atoms with E-state index in [9.17, 15) is 18.4 Å². The molecular formula is C19H18F2N2O3. The average molecular weight is 360 g/mol. The van der Waals surface area contributed by atoms with E-state index in [1.54, 1.807) is 11.0 Å². The van der Waals surface area contributed by atoms with E-state index in [1.807, 2.05) is 0 Å². The van der Waals surface area contributed by atoms with Gasteiger partial charge in [0.05, 0.1) is 5.56 Å². The van der Waals surface area contributed by atoms with Crippen LogP contribution in [0.15, 0.2) is 48.5 Å². The minimum atomic E-state index is -0.552. The highest BCUT2D eigenvalue weighted by atomic mass is 19.1. The van der Waals surface area contributed by atoms with Crippen molar-refractivity contribution < 1.29 is 23.1 Å². The van der Waals surface area contributed by atoms with Crippen LogP contribution in [-0.2, 0) is 4.79 Å². The monoisotopic (exact) mass is 360 g/mol. The number of hydrogen-bond donors (Lipinski definition) is 0. The first-order valence-corrected chi connectivity index (χ1v) is 8.24. The Bertz CT molecular complexity index is 788. The van der Waals surface area contributed by atoms with Gasteiger partial charge in [-0.05, 0) is 36.4 Å². The molecule has 1 heterocycles. The van der Waals surface area contributed by atoms with Crippen molar-refractivity contribution in [3.8, 4) is 5.75 Å². The van der Waals surface area contributed by atoms with Crippen LogP contribution in [0.4, 0.5) is 8.78 Å².